The standard InChI is InChI=1S/C24H31F3N2O2.ClH/c1-23(2,3)19-10-11-21(30-4)18(14-19)13-16-8-6-12-29(28)22(16)17-7-5-9-20(15-17)31-24(25,26)27;/h5,7,9-11,14-16,22H,6,8,12-13,28H2,1-4H3;1H/t16-,22-;/m0./s1. The highest BCUT2D eigenvalue weighted by molar-refractivity contribution is 5.85. The van der Waals surface area contributed by atoms with Gasteiger partial charge >= 0.3 is 6.36 Å². The summed E-state index contributed by atoms with van der Waals surface area (Å²) < 4.78 is 47.8. The summed E-state index contributed by atoms with van der Waals surface area (Å²) in [5.74, 6) is 7.06. The summed E-state index contributed by atoms with van der Waals surface area (Å²) in [7, 11) is 1.65. The van der Waals surface area contributed by atoms with Crippen molar-refractivity contribution in [3.8, 4) is 11.5 Å². The molecule has 2 N–H and O–H groups in total. The van der Waals surface area contributed by atoms with Crippen LogP contribution in [0.3, 0.4) is 0 Å². The quantitative estimate of drug-likeness (QED) is 0.527. The third kappa shape index (κ3) is 6.53. The van der Waals surface area contributed by atoms with Gasteiger partial charge in [-0.15, -0.1) is 25.6 Å². The van der Waals surface area contributed by atoms with E-state index < -0.39 is 6.36 Å². The third-order valence-electron chi connectivity index (χ3n) is 5.86. The Morgan fingerprint density at radius 3 is 2.44 bits per heavy atom. The van der Waals surface area contributed by atoms with Gasteiger partial charge < -0.3 is 9.47 Å². The summed E-state index contributed by atoms with van der Waals surface area (Å²) in [6.45, 7) is 7.17. The molecule has 0 unspecified atom stereocenters. The van der Waals surface area contributed by atoms with E-state index in [1.165, 1.54) is 17.7 Å². The number of alkyl halides is 3. The molecule has 0 spiro atoms. The highest BCUT2D eigenvalue weighted by Gasteiger charge is 2.34. The van der Waals surface area contributed by atoms with Gasteiger partial charge in [-0.25, -0.2) is 5.01 Å². The van der Waals surface area contributed by atoms with Gasteiger partial charge in [0.1, 0.15) is 11.5 Å². The molecule has 2 aromatic rings. The Morgan fingerprint density at radius 2 is 1.81 bits per heavy atom. The van der Waals surface area contributed by atoms with Crippen LogP contribution in [0, 0.1) is 5.92 Å². The van der Waals surface area contributed by atoms with Crippen molar-refractivity contribution in [2.75, 3.05) is 13.7 Å². The average molecular weight is 473 g/mol. The van der Waals surface area contributed by atoms with Crippen molar-refractivity contribution in [3.05, 3.63) is 59.2 Å². The average Bonchev–Trinajstić information content (AvgIpc) is 2.66. The van der Waals surface area contributed by atoms with Crippen molar-refractivity contribution in [3.63, 3.8) is 0 Å². The van der Waals surface area contributed by atoms with Crippen LogP contribution in [0.1, 0.15) is 56.3 Å². The zero-order valence-electron chi connectivity index (χ0n) is 18.9. The number of halogens is 4. The van der Waals surface area contributed by atoms with Gasteiger partial charge in [0.2, 0.25) is 0 Å². The molecule has 4 nitrogen and oxygen atoms in total. The zero-order chi connectivity index (χ0) is 22.8. The van der Waals surface area contributed by atoms with Crippen LogP contribution in [0.2, 0.25) is 0 Å². The predicted octanol–water partition coefficient (Wildman–Crippen LogP) is 6.18. The van der Waals surface area contributed by atoms with Gasteiger partial charge in [0.25, 0.3) is 0 Å². The van der Waals surface area contributed by atoms with Gasteiger partial charge in [0, 0.05) is 6.54 Å². The molecule has 0 saturated carbocycles. The molecule has 1 saturated heterocycles. The Hall–Kier alpha value is -1.96. The summed E-state index contributed by atoms with van der Waals surface area (Å²) in [4.78, 5) is 0. The highest BCUT2D eigenvalue weighted by atomic mass is 35.5. The maximum Gasteiger partial charge on any atom is 0.573 e. The van der Waals surface area contributed by atoms with E-state index in [2.05, 4.69) is 37.6 Å². The summed E-state index contributed by atoms with van der Waals surface area (Å²) in [6.07, 6.45) is -2.16. The van der Waals surface area contributed by atoms with Crippen molar-refractivity contribution in [2.45, 2.75) is 57.9 Å². The third-order valence-corrected chi connectivity index (χ3v) is 5.86. The molecule has 178 valence electrons. The van der Waals surface area contributed by atoms with E-state index in [0.29, 0.717) is 6.54 Å². The Kier molecular flexibility index (Phi) is 8.48. The SMILES string of the molecule is COc1ccc(C(C)(C)C)cc1C[C@@H]1CCCN(N)[C@@H]1c1cccc(OC(F)(F)F)c1.Cl. The molecule has 32 heavy (non-hydrogen) atoms. The Bertz CT molecular complexity index is 900. The van der Waals surface area contributed by atoms with E-state index in [0.717, 1.165) is 36.1 Å². The van der Waals surface area contributed by atoms with Crippen molar-refractivity contribution in [1.82, 2.24) is 5.01 Å². The lowest BCUT2D eigenvalue weighted by molar-refractivity contribution is -0.274. The predicted molar refractivity (Wildman–Crippen MR) is 122 cm³/mol. The monoisotopic (exact) mass is 472 g/mol. The van der Waals surface area contributed by atoms with Gasteiger partial charge in [0.05, 0.1) is 13.2 Å². The van der Waals surface area contributed by atoms with Gasteiger partial charge in [0.15, 0.2) is 0 Å². The molecule has 3 rings (SSSR count). The first-order chi connectivity index (χ1) is 14.5. The molecule has 8 heteroatoms. The Labute approximate surface area is 194 Å². The summed E-state index contributed by atoms with van der Waals surface area (Å²) >= 11 is 0. The molecule has 0 amide bonds. The van der Waals surface area contributed by atoms with Crippen LogP contribution >= 0.6 is 12.4 Å². The first-order valence-electron chi connectivity index (χ1n) is 10.5. The number of ether oxygens (including phenoxy) is 2. The van der Waals surface area contributed by atoms with Crippen molar-refractivity contribution < 1.29 is 22.6 Å². The van der Waals surface area contributed by atoms with E-state index in [1.54, 1.807) is 18.2 Å². The normalized spacial score (nSPS) is 19.9. The van der Waals surface area contributed by atoms with Crippen LogP contribution in [-0.4, -0.2) is 25.0 Å². The number of rotatable bonds is 5. The molecule has 0 bridgehead atoms. The van der Waals surface area contributed by atoms with Crippen molar-refractivity contribution in [2.24, 2.45) is 11.8 Å². The number of nitrogens with two attached hydrogens (primary N) is 1. The maximum atomic E-state index is 12.7. The number of methoxy groups -OCH3 is 1. The first kappa shape index (κ1) is 26.3. The van der Waals surface area contributed by atoms with Crippen LogP contribution in [0.25, 0.3) is 0 Å². The number of benzene rings is 2. The molecular formula is C24H32ClF3N2O2. The van der Waals surface area contributed by atoms with Gasteiger partial charge in [-0.3, -0.25) is 5.84 Å². The highest BCUT2D eigenvalue weighted by Crippen LogP contribution is 2.40. The maximum absolute atomic E-state index is 12.7. The van der Waals surface area contributed by atoms with Crippen LogP contribution < -0.4 is 15.3 Å². The lowest BCUT2D eigenvalue weighted by Gasteiger charge is -2.39. The van der Waals surface area contributed by atoms with Gasteiger partial charge in [-0.05, 0) is 65.5 Å². The fourth-order valence-corrected chi connectivity index (χ4v) is 4.36. The number of nitrogens with zero attached hydrogens (tertiary/aromatic N) is 1. The van der Waals surface area contributed by atoms with E-state index in [1.807, 2.05) is 12.1 Å². The van der Waals surface area contributed by atoms with Crippen molar-refractivity contribution >= 4 is 12.4 Å². The zero-order valence-corrected chi connectivity index (χ0v) is 19.7. The minimum atomic E-state index is -4.73. The van der Waals surface area contributed by atoms with Gasteiger partial charge in [-0.2, -0.15) is 0 Å². The first-order valence-corrected chi connectivity index (χ1v) is 10.5. The molecule has 1 aliphatic rings. The minimum absolute atomic E-state index is 0. The minimum Gasteiger partial charge on any atom is -0.496 e. The van der Waals surface area contributed by atoms with E-state index in [-0.39, 0.29) is 35.5 Å². The molecule has 1 fully saturated rings. The van der Waals surface area contributed by atoms with Crippen molar-refractivity contribution in [1.29, 1.82) is 0 Å². The molecule has 2 atom stereocenters. The molecule has 2 aromatic carbocycles. The van der Waals surface area contributed by atoms with E-state index in [9.17, 15) is 13.2 Å². The molecule has 0 aliphatic carbocycles. The topological polar surface area (TPSA) is 47.7 Å². The van der Waals surface area contributed by atoms with Crippen LogP contribution in [0.15, 0.2) is 42.5 Å². The molecular weight excluding hydrogens is 441 g/mol. The molecule has 1 heterocycles. The van der Waals surface area contributed by atoms with Crippen LogP contribution in [-0.2, 0) is 11.8 Å². The largest absolute Gasteiger partial charge is 0.573 e. The lowest BCUT2D eigenvalue weighted by atomic mass is 9.79. The Morgan fingerprint density at radius 1 is 1.09 bits per heavy atom. The summed E-state index contributed by atoms with van der Waals surface area (Å²) in [5, 5.41) is 1.74. The number of hydrazine groups is 1. The van der Waals surface area contributed by atoms with Crippen LogP contribution in [0.5, 0.6) is 11.5 Å². The lowest BCUT2D eigenvalue weighted by Crippen LogP contribution is -2.44. The molecule has 0 aromatic heterocycles. The summed E-state index contributed by atoms with van der Waals surface area (Å²) in [5.41, 5.74) is 3.01. The van der Waals surface area contributed by atoms with E-state index in [4.69, 9.17) is 10.6 Å². The molecule has 0 radical (unpaired) electrons. The summed E-state index contributed by atoms with van der Waals surface area (Å²) in [6, 6.07) is 12.2. The van der Waals surface area contributed by atoms with Crippen LogP contribution in [0.4, 0.5) is 13.2 Å². The number of hydrogen-bond donors (Lipinski definition) is 1. The number of hydrogen-bond acceptors (Lipinski definition) is 4. The Balaban J connectivity index is 0.00000363. The molecule has 1 aliphatic heterocycles. The second kappa shape index (κ2) is 10.3. The van der Waals surface area contributed by atoms with Gasteiger partial charge in [-0.1, -0.05) is 45.0 Å². The van der Waals surface area contributed by atoms with E-state index >= 15 is 0 Å². The number of piperidine rings is 1. The smallest absolute Gasteiger partial charge is 0.496 e. The fraction of sp³-hybridized carbons (Fsp3) is 0.500. The fourth-order valence-electron chi connectivity index (χ4n) is 4.36. The second-order valence-corrected chi connectivity index (χ2v) is 9.19. The second-order valence-electron chi connectivity index (χ2n) is 9.19.